The van der Waals surface area contributed by atoms with Crippen LogP contribution in [0, 0.1) is 5.92 Å². The maximum Gasteiger partial charge on any atom is 0.449 e. The molecule has 1 aliphatic rings. The van der Waals surface area contributed by atoms with Crippen molar-refractivity contribution in [3.63, 3.8) is 0 Å². The van der Waals surface area contributed by atoms with Crippen LogP contribution in [0.5, 0.6) is 0 Å². The number of piperidine rings is 1. The fourth-order valence-corrected chi connectivity index (χ4v) is 3.95. The second-order valence-electron chi connectivity index (χ2n) is 7.93. The Balaban J connectivity index is 1.34. The second-order valence-corrected chi connectivity index (χ2v) is 7.93. The SMILES string of the molecule is O=C(CC1CCCN(C(=O)c2ccc3nc(C(F)(F)F)[nH]c3c2)C1)NCCn1ccnc1. The average Bonchev–Trinajstić information content (AvgIpc) is 3.42. The fraction of sp³-hybridized carbons (Fsp3) is 0.429. The molecule has 0 spiro atoms. The number of aromatic amines is 1. The van der Waals surface area contributed by atoms with Crippen LogP contribution in [0.25, 0.3) is 11.0 Å². The first-order valence-corrected chi connectivity index (χ1v) is 10.4. The van der Waals surface area contributed by atoms with E-state index < -0.39 is 12.0 Å². The zero-order chi connectivity index (χ0) is 22.7. The number of imidazole rings is 2. The molecule has 1 atom stereocenters. The summed E-state index contributed by atoms with van der Waals surface area (Å²) in [5, 5.41) is 2.88. The number of nitrogens with zero attached hydrogens (tertiary/aromatic N) is 4. The number of halogens is 3. The minimum Gasteiger partial charge on any atom is -0.354 e. The van der Waals surface area contributed by atoms with E-state index in [9.17, 15) is 22.8 Å². The third-order valence-electron chi connectivity index (χ3n) is 5.53. The molecule has 8 nitrogen and oxygen atoms in total. The third kappa shape index (κ3) is 5.09. The summed E-state index contributed by atoms with van der Waals surface area (Å²) in [5.74, 6) is -1.38. The highest BCUT2D eigenvalue weighted by Gasteiger charge is 2.35. The third-order valence-corrected chi connectivity index (χ3v) is 5.53. The Kier molecular flexibility index (Phi) is 6.15. The van der Waals surface area contributed by atoms with Crippen LogP contribution in [-0.4, -0.2) is 55.9 Å². The predicted molar refractivity (Wildman–Crippen MR) is 110 cm³/mol. The van der Waals surface area contributed by atoms with E-state index >= 15 is 0 Å². The van der Waals surface area contributed by atoms with Gasteiger partial charge in [-0.2, -0.15) is 13.2 Å². The molecule has 11 heteroatoms. The van der Waals surface area contributed by atoms with Gasteiger partial charge in [-0.3, -0.25) is 9.59 Å². The van der Waals surface area contributed by atoms with Gasteiger partial charge in [0.05, 0.1) is 17.4 Å². The molecule has 170 valence electrons. The molecule has 1 aromatic carbocycles. The number of alkyl halides is 3. The lowest BCUT2D eigenvalue weighted by atomic mass is 9.94. The number of aromatic nitrogens is 4. The van der Waals surface area contributed by atoms with E-state index in [1.807, 2.05) is 10.8 Å². The van der Waals surface area contributed by atoms with Crippen LogP contribution in [0.2, 0.25) is 0 Å². The van der Waals surface area contributed by atoms with Crippen LogP contribution in [0.3, 0.4) is 0 Å². The number of H-pyrrole nitrogens is 1. The van der Waals surface area contributed by atoms with Gasteiger partial charge >= 0.3 is 6.18 Å². The molecule has 1 fully saturated rings. The number of amides is 2. The molecule has 2 N–H and O–H groups in total. The first-order chi connectivity index (χ1) is 15.3. The van der Waals surface area contributed by atoms with Gasteiger partial charge in [-0.1, -0.05) is 0 Å². The number of carbonyl (C=O) groups excluding carboxylic acids is 2. The van der Waals surface area contributed by atoms with Crippen LogP contribution in [0.4, 0.5) is 13.2 Å². The highest BCUT2D eigenvalue weighted by atomic mass is 19.4. The Morgan fingerprint density at radius 1 is 1.28 bits per heavy atom. The van der Waals surface area contributed by atoms with Gasteiger partial charge in [-0.15, -0.1) is 0 Å². The van der Waals surface area contributed by atoms with E-state index in [1.165, 1.54) is 18.2 Å². The van der Waals surface area contributed by atoms with Crippen molar-refractivity contribution in [2.24, 2.45) is 5.92 Å². The second kappa shape index (κ2) is 9.01. The lowest BCUT2D eigenvalue weighted by Gasteiger charge is -2.32. The van der Waals surface area contributed by atoms with Crippen LogP contribution in [0.1, 0.15) is 35.4 Å². The molecular weight excluding hydrogens is 425 g/mol. The summed E-state index contributed by atoms with van der Waals surface area (Å²) in [5.41, 5.74) is 0.604. The van der Waals surface area contributed by atoms with Crippen LogP contribution >= 0.6 is 0 Å². The lowest BCUT2D eigenvalue weighted by molar-refractivity contribution is -0.144. The van der Waals surface area contributed by atoms with Crippen molar-refractivity contribution in [2.75, 3.05) is 19.6 Å². The van der Waals surface area contributed by atoms with Crippen molar-refractivity contribution in [2.45, 2.75) is 32.0 Å². The van der Waals surface area contributed by atoms with Crippen molar-refractivity contribution in [1.82, 2.24) is 29.7 Å². The Morgan fingerprint density at radius 2 is 2.12 bits per heavy atom. The van der Waals surface area contributed by atoms with Gasteiger partial charge in [-0.05, 0) is 37.0 Å². The Hall–Kier alpha value is -3.37. The molecule has 0 bridgehead atoms. The van der Waals surface area contributed by atoms with Crippen molar-refractivity contribution < 1.29 is 22.8 Å². The predicted octanol–water partition coefficient (Wildman–Crippen LogP) is 2.84. The Labute approximate surface area is 181 Å². The summed E-state index contributed by atoms with van der Waals surface area (Å²) in [6.45, 7) is 2.11. The molecule has 1 aliphatic heterocycles. The number of rotatable bonds is 6. The van der Waals surface area contributed by atoms with Gasteiger partial charge in [0, 0.05) is 50.6 Å². The van der Waals surface area contributed by atoms with E-state index in [4.69, 9.17) is 0 Å². The normalized spacial score (nSPS) is 17.0. The minimum absolute atomic E-state index is 0.0358. The van der Waals surface area contributed by atoms with E-state index in [0.717, 1.165) is 12.8 Å². The highest BCUT2D eigenvalue weighted by Crippen LogP contribution is 2.29. The van der Waals surface area contributed by atoms with Gasteiger partial charge in [0.25, 0.3) is 5.91 Å². The van der Waals surface area contributed by atoms with Crippen LogP contribution < -0.4 is 5.32 Å². The molecule has 1 saturated heterocycles. The quantitative estimate of drug-likeness (QED) is 0.606. The van der Waals surface area contributed by atoms with Crippen molar-refractivity contribution >= 4 is 22.8 Å². The van der Waals surface area contributed by atoms with Crippen LogP contribution in [0.15, 0.2) is 36.9 Å². The summed E-state index contributed by atoms with van der Waals surface area (Å²) in [6, 6.07) is 4.29. The minimum atomic E-state index is -4.58. The zero-order valence-electron chi connectivity index (χ0n) is 17.2. The van der Waals surface area contributed by atoms with E-state index in [1.54, 1.807) is 17.4 Å². The molecule has 0 radical (unpaired) electrons. The summed E-state index contributed by atoms with van der Waals surface area (Å²) >= 11 is 0. The van der Waals surface area contributed by atoms with Crippen molar-refractivity contribution in [3.8, 4) is 0 Å². The summed E-state index contributed by atoms with van der Waals surface area (Å²) in [7, 11) is 0. The van der Waals surface area contributed by atoms with E-state index in [-0.39, 0.29) is 28.8 Å². The van der Waals surface area contributed by atoms with Gasteiger partial charge in [0.15, 0.2) is 0 Å². The first kappa shape index (κ1) is 21.8. The number of fused-ring (bicyclic) bond motifs is 1. The zero-order valence-corrected chi connectivity index (χ0v) is 17.2. The molecule has 2 aromatic heterocycles. The Morgan fingerprint density at radius 3 is 2.88 bits per heavy atom. The molecule has 0 aliphatic carbocycles. The highest BCUT2D eigenvalue weighted by molar-refractivity contribution is 5.97. The standard InChI is InChI=1S/C21H23F3N6O2/c22-21(23,24)20-27-16-4-3-15(11-17(16)28-20)19(32)30-7-1-2-14(12-30)10-18(31)26-6-9-29-8-5-25-13-29/h3-5,8,11,13-14H,1-2,6-7,9-10,12H2,(H,26,31)(H,27,28). The van der Waals surface area contributed by atoms with Crippen LogP contribution in [-0.2, 0) is 17.5 Å². The topological polar surface area (TPSA) is 95.9 Å². The monoisotopic (exact) mass is 448 g/mol. The summed E-state index contributed by atoms with van der Waals surface area (Å²) in [4.78, 5) is 36.6. The molecule has 2 amide bonds. The number of carbonyl (C=O) groups is 2. The number of hydrogen-bond acceptors (Lipinski definition) is 4. The smallest absolute Gasteiger partial charge is 0.354 e. The molecule has 3 heterocycles. The molecule has 32 heavy (non-hydrogen) atoms. The number of nitrogens with one attached hydrogen (secondary N) is 2. The van der Waals surface area contributed by atoms with Crippen molar-refractivity contribution in [1.29, 1.82) is 0 Å². The lowest BCUT2D eigenvalue weighted by Crippen LogP contribution is -2.41. The first-order valence-electron chi connectivity index (χ1n) is 10.4. The number of likely N-dealkylation sites (tertiary alicyclic amines) is 1. The number of benzene rings is 1. The molecule has 4 rings (SSSR count). The van der Waals surface area contributed by atoms with Gasteiger partial charge < -0.3 is 19.8 Å². The summed E-state index contributed by atoms with van der Waals surface area (Å²) < 4.78 is 40.5. The number of hydrogen-bond donors (Lipinski definition) is 2. The maximum atomic E-state index is 12.9. The van der Waals surface area contributed by atoms with Crippen molar-refractivity contribution in [3.05, 3.63) is 48.3 Å². The van der Waals surface area contributed by atoms with Gasteiger partial charge in [-0.25, -0.2) is 9.97 Å². The Bertz CT molecular complexity index is 1090. The largest absolute Gasteiger partial charge is 0.449 e. The molecule has 3 aromatic rings. The van der Waals surface area contributed by atoms with E-state index in [2.05, 4.69) is 20.3 Å². The molecule has 1 unspecified atom stereocenters. The van der Waals surface area contributed by atoms with E-state index in [0.29, 0.717) is 38.2 Å². The average molecular weight is 448 g/mol. The molecular formula is C21H23F3N6O2. The summed E-state index contributed by atoms with van der Waals surface area (Å²) in [6.07, 6.45) is 2.53. The van der Waals surface area contributed by atoms with Gasteiger partial charge in [0.1, 0.15) is 0 Å². The molecule has 0 saturated carbocycles. The van der Waals surface area contributed by atoms with Gasteiger partial charge in [0.2, 0.25) is 11.7 Å². The fourth-order valence-electron chi connectivity index (χ4n) is 3.95. The maximum absolute atomic E-state index is 12.9.